The summed E-state index contributed by atoms with van der Waals surface area (Å²) in [6.45, 7) is 1.69. The quantitative estimate of drug-likeness (QED) is 0.102. The lowest BCUT2D eigenvalue weighted by molar-refractivity contribution is -0.161. The molecule has 5 unspecified atom stereocenters. The molecule has 2 aliphatic heterocycles. The van der Waals surface area contributed by atoms with Crippen LogP contribution in [0.15, 0.2) is 60.7 Å². The molecule has 2 saturated heterocycles. The number of hydrogen-bond donors (Lipinski definition) is 1. The van der Waals surface area contributed by atoms with Gasteiger partial charge in [-0.25, -0.2) is 14.4 Å². The second-order valence-electron chi connectivity index (χ2n) is 11.5. The van der Waals surface area contributed by atoms with Crippen molar-refractivity contribution in [3.05, 3.63) is 71.8 Å². The van der Waals surface area contributed by atoms with Crippen molar-refractivity contribution in [1.29, 1.82) is 0 Å². The molecular formula is C36H49IN2O11. The highest BCUT2D eigenvalue weighted by Gasteiger charge is 2.40. The van der Waals surface area contributed by atoms with Crippen LogP contribution in [0.4, 0.5) is 9.59 Å². The molecule has 0 spiro atoms. The van der Waals surface area contributed by atoms with Gasteiger partial charge in [-0.05, 0) is 79.2 Å². The number of carbonyl (C=O) groups excluding carboxylic acids is 5. The Morgan fingerprint density at radius 2 is 1.12 bits per heavy atom. The van der Waals surface area contributed by atoms with Crippen molar-refractivity contribution in [3.63, 3.8) is 0 Å². The van der Waals surface area contributed by atoms with E-state index in [1.165, 1.54) is 26.0 Å². The maximum absolute atomic E-state index is 12.5. The van der Waals surface area contributed by atoms with Gasteiger partial charge >= 0.3 is 30.1 Å². The lowest BCUT2D eigenvalue weighted by Gasteiger charge is -2.38. The first-order chi connectivity index (χ1) is 23.6. The number of alkyl halides is 1. The van der Waals surface area contributed by atoms with Crippen molar-refractivity contribution < 1.29 is 52.8 Å². The fourth-order valence-electron chi connectivity index (χ4n) is 6.14. The minimum atomic E-state index is -1.30. The topological polar surface area (TPSA) is 158 Å². The molecule has 0 saturated carbocycles. The van der Waals surface area contributed by atoms with Gasteiger partial charge in [-0.2, -0.15) is 0 Å². The molecule has 2 heterocycles. The van der Waals surface area contributed by atoms with Gasteiger partial charge in [0.25, 0.3) is 0 Å². The van der Waals surface area contributed by atoms with Crippen molar-refractivity contribution in [1.82, 2.24) is 9.80 Å². The summed E-state index contributed by atoms with van der Waals surface area (Å²) in [5.41, 5.74) is 1.63. The highest BCUT2D eigenvalue weighted by Crippen LogP contribution is 2.33. The Morgan fingerprint density at radius 3 is 1.50 bits per heavy atom. The average Bonchev–Trinajstić information content (AvgIpc) is 3.13. The van der Waals surface area contributed by atoms with Gasteiger partial charge in [-0.3, -0.25) is 9.59 Å². The Kier molecular flexibility index (Phi) is 18.6. The van der Waals surface area contributed by atoms with Crippen LogP contribution in [0.2, 0.25) is 0 Å². The Bertz CT molecular complexity index is 1360. The monoisotopic (exact) mass is 812 g/mol. The van der Waals surface area contributed by atoms with E-state index in [-0.39, 0.29) is 25.5 Å². The van der Waals surface area contributed by atoms with E-state index in [9.17, 15) is 24.0 Å². The van der Waals surface area contributed by atoms with Gasteiger partial charge < -0.3 is 38.6 Å². The average molecular weight is 813 g/mol. The number of likely N-dealkylation sites (tertiary alicyclic amines) is 2. The number of ether oxygens (including phenoxy) is 5. The lowest BCUT2D eigenvalue weighted by Crippen LogP contribution is -2.49. The van der Waals surface area contributed by atoms with E-state index >= 15 is 0 Å². The van der Waals surface area contributed by atoms with Crippen molar-refractivity contribution in [2.24, 2.45) is 0 Å². The first-order valence-corrected chi connectivity index (χ1v) is 17.7. The van der Waals surface area contributed by atoms with Crippen LogP contribution in [0.3, 0.4) is 0 Å². The molecule has 0 aliphatic carbocycles. The number of rotatable bonds is 10. The maximum Gasteiger partial charge on any atom is 0.412 e. The smallest absolute Gasteiger partial charge is 0.412 e. The van der Waals surface area contributed by atoms with E-state index in [0.29, 0.717) is 24.1 Å². The highest BCUT2D eigenvalue weighted by atomic mass is 127. The van der Waals surface area contributed by atoms with Crippen molar-refractivity contribution in [2.75, 3.05) is 38.7 Å². The number of nitrogens with zero attached hydrogens (tertiary/aromatic N) is 2. The van der Waals surface area contributed by atoms with E-state index in [0.717, 1.165) is 43.2 Å². The molecule has 2 aromatic carbocycles. The second-order valence-corrected chi connectivity index (χ2v) is 12.1. The van der Waals surface area contributed by atoms with Gasteiger partial charge in [0.15, 0.2) is 0 Å². The number of methoxy groups -OCH3 is 2. The predicted octanol–water partition coefficient (Wildman–Crippen LogP) is 5.78. The first-order valence-electron chi connectivity index (χ1n) is 16.2. The number of amides is 2. The van der Waals surface area contributed by atoms with Crippen LogP contribution >= 0.6 is 22.6 Å². The Labute approximate surface area is 307 Å². The summed E-state index contributed by atoms with van der Waals surface area (Å²) in [4.78, 5) is 63.9. The number of benzene rings is 2. The van der Waals surface area contributed by atoms with Crippen LogP contribution in [-0.4, -0.2) is 102 Å². The fourth-order valence-corrected chi connectivity index (χ4v) is 6.40. The molecule has 13 nitrogen and oxygen atoms in total. The Hall–Kier alpha value is -3.92. The van der Waals surface area contributed by atoms with Gasteiger partial charge in [-0.1, -0.05) is 68.1 Å². The van der Waals surface area contributed by atoms with Gasteiger partial charge in [-0.15, -0.1) is 0 Å². The molecule has 2 aromatic rings. The standard InChI is InChI=1S/C19H25NO7.C16H20INO4.CH4/c1-13(21)17(22)26-12-27-19(24)20-11-7-6-10-15(20)16(18(23)25-2)14-8-4-3-5-9-14;1-21-15(19)14(12-7-3-2-4-8-12)13-9-5-6-10-18(13)16(20)22-11-17;/h3-5,8-9,13,15-16,21H,6-7,10-12H2,1-2H3;2-4,7-8,13-14H,5-6,9-11H2,1H3;1H4. The zero-order valence-corrected chi connectivity index (χ0v) is 30.2. The van der Waals surface area contributed by atoms with Crippen molar-refractivity contribution in [3.8, 4) is 0 Å². The lowest BCUT2D eigenvalue weighted by atomic mass is 9.85. The number of halogens is 1. The molecule has 0 aromatic heterocycles. The molecule has 0 radical (unpaired) electrons. The number of esters is 3. The molecule has 5 atom stereocenters. The summed E-state index contributed by atoms with van der Waals surface area (Å²) in [6, 6.07) is 18.0. The van der Waals surface area contributed by atoms with E-state index in [1.54, 1.807) is 4.90 Å². The molecular weight excluding hydrogens is 763 g/mol. The number of piperidine rings is 2. The molecule has 2 fully saturated rings. The number of hydrogen-bond acceptors (Lipinski definition) is 11. The van der Waals surface area contributed by atoms with Crippen LogP contribution in [0.1, 0.15) is 75.8 Å². The SMILES string of the molecule is C.COC(=O)C(c1ccccc1)C1CCCCN1C(=O)OCI.COC(=O)C(c1ccccc1)C1CCCCN1C(=O)OCOC(=O)C(C)O. The maximum atomic E-state index is 12.5. The van der Waals surface area contributed by atoms with E-state index in [4.69, 9.17) is 24.1 Å². The third-order valence-corrected chi connectivity index (χ3v) is 8.78. The minimum absolute atomic E-state index is 0. The van der Waals surface area contributed by atoms with Crippen LogP contribution < -0.4 is 0 Å². The zero-order valence-electron chi connectivity index (χ0n) is 28.0. The number of aliphatic hydroxyl groups is 1. The van der Waals surface area contributed by atoms with Gasteiger partial charge in [0.1, 0.15) is 22.6 Å². The molecule has 4 rings (SSSR count). The van der Waals surface area contributed by atoms with Crippen molar-refractivity contribution >= 4 is 52.7 Å². The summed E-state index contributed by atoms with van der Waals surface area (Å²) < 4.78 is 25.1. The van der Waals surface area contributed by atoms with Gasteiger partial charge in [0.05, 0.1) is 26.3 Å². The number of carbonyl (C=O) groups is 5. The fraction of sp³-hybridized carbons (Fsp3) is 0.528. The summed E-state index contributed by atoms with van der Waals surface area (Å²) in [5.74, 6) is -2.73. The minimum Gasteiger partial charge on any atom is -0.468 e. The second kappa shape index (κ2) is 22.0. The largest absolute Gasteiger partial charge is 0.468 e. The van der Waals surface area contributed by atoms with Gasteiger partial charge in [0, 0.05) is 13.1 Å². The van der Waals surface area contributed by atoms with E-state index < -0.39 is 48.8 Å². The van der Waals surface area contributed by atoms with Crippen LogP contribution in [0.5, 0.6) is 0 Å². The Morgan fingerprint density at radius 1 is 0.700 bits per heavy atom. The molecule has 0 bridgehead atoms. The first kappa shape index (κ1) is 42.2. The van der Waals surface area contributed by atoms with E-state index in [2.05, 4.69) is 4.74 Å². The normalized spacial score (nSPS) is 18.7. The van der Waals surface area contributed by atoms with E-state index in [1.807, 2.05) is 83.3 Å². The predicted molar refractivity (Wildman–Crippen MR) is 192 cm³/mol. The third kappa shape index (κ3) is 11.9. The van der Waals surface area contributed by atoms with Gasteiger partial charge in [0.2, 0.25) is 6.79 Å². The summed E-state index contributed by atoms with van der Waals surface area (Å²) in [7, 11) is 2.70. The highest BCUT2D eigenvalue weighted by molar-refractivity contribution is 14.1. The van der Waals surface area contributed by atoms with Crippen molar-refractivity contribution in [2.45, 2.75) is 82.9 Å². The number of aliphatic hydroxyl groups excluding tert-OH is 1. The molecule has 1 N–H and O–H groups in total. The van der Waals surface area contributed by atoms with Crippen LogP contribution in [0, 0.1) is 0 Å². The molecule has 14 heteroatoms. The molecule has 276 valence electrons. The Balaban J connectivity index is 0.000000347. The zero-order chi connectivity index (χ0) is 35.8. The summed E-state index contributed by atoms with van der Waals surface area (Å²) in [5, 5.41) is 9.09. The summed E-state index contributed by atoms with van der Waals surface area (Å²) in [6.07, 6.45) is 2.62. The molecule has 2 amide bonds. The van der Waals surface area contributed by atoms with Crippen LogP contribution in [-0.2, 0) is 38.1 Å². The summed E-state index contributed by atoms with van der Waals surface area (Å²) >= 11 is 1.99. The molecule has 50 heavy (non-hydrogen) atoms. The third-order valence-electron chi connectivity index (χ3n) is 8.47. The molecule has 2 aliphatic rings. The van der Waals surface area contributed by atoms with Crippen LogP contribution in [0.25, 0.3) is 0 Å².